The van der Waals surface area contributed by atoms with E-state index >= 15 is 0 Å². The molecule has 0 fully saturated rings. The van der Waals surface area contributed by atoms with Crippen LogP contribution < -0.4 is 4.57 Å². The van der Waals surface area contributed by atoms with Gasteiger partial charge in [0, 0.05) is 13.3 Å². The zero-order chi connectivity index (χ0) is 11.5. The number of nitrogens with zero attached hydrogens (tertiary/aromatic N) is 1. The molecule has 0 radical (unpaired) electrons. The van der Waals surface area contributed by atoms with E-state index in [0.29, 0.717) is 13.0 Å². The molecular weight excluding hydrogens is 216 g/mol. The number of nitrogens with one attached hydrogen (secondary N) is 1. The number of aryl methyl sites for hydroxylation is 1. The van der Waals surface area contributed by atoms with Crippen molar-refractivity contribution in [1.82, 2.24) is 4.98 Å². The summed E-state index contributed by atoms with van der Waals surface area (Å²) in [6, 6.07) is 0. The third-order valence-electron chi connectivity index (χ3n) is 2.14. The Labute approximate surface area is 89.2 Å². The van der Waals surface area contributed by atoms with Gasteiger partial charge in [-0.3, -0.25) is 4.55 Å². The Morgan fingerprint density at radius 3 is 2.87 bits per heavy atom. The SMILES string of the molecule is C=Cc1c[nH]c(C)[n+]1CCCS(=O)(=O)O. The lowest BCUT2D eigenvalue weighted by molar-refractivity contribution is -0.702. The minimum atomic E-state index is -3.86. The second kappa shape index (κ2) is 4.59. The minimum Gasteiger partial charge on any atom is -0.286 e. The lowest BCUT2D eigenvalue weighted by Gasteiger charge is -1.99. The highest BCUT2D eigenvalue weighted by Gasteiger charge is 2.12. The van der Waals surface area contributed by atoms with E-state index < -0.39 is 10.1 Å². The molecule has 2 N–H and O–H groups in total. The highest BCUT2D eigenvalue weighted by Crippen LogP contribution is 1.97. The Bertz CT molecular complexity index is 448. The summed E-state index contributed by atoms with van der Waals surface area (Å²) >= 11 is 0. The first-order chi connectivity index (χ1) is 6.94. The molecular formula is C9H15N2O3S+. The van der Waals surface area contributed by atoms with Gasteiger partial charge in [-0.25, -0.2) is 9.55 Å². The molecule has 0 aliphatic rings. The molecule has 6 heteroatoms. The molecule has 1 heterocycles. The highest BCUT2D eigenvalue weighted by molar-refractivity contribution is 7.85. The van der Waals surface area contributed by atoms with Gasteiger partial charge in [0.1, 0.15) is 6.20 Å². The average Bonchev–Trinajstić information content (AvgIpc) is 2.46. The summed E-state index contributed by atoms with van der Waals surface area (Å²) in [5, 5.41) is 0. The van der Waals surface area contributed by atoms with Gasteiger partial charge in [0.2, 0.25) is 0 Å². The van der Waals surface area contributed by atoms with Gasteiger partial charge in [0.25, 0.3) is 15.9 Å². The Morgan fingerprint density at radius 2 is 2.33 bits per heavy atom. The molecule has 5 nitrogen and oxygen atoms in total. The Morgan fingerprint density at radius 1 is 1.67 bits per heavy atom. The first kappa shape index (κ1) is 11.9. The molecule has 0 atom stereocenters. The lowest BCUT2D eigenvalue weighted by atomic mass is 10.4. The Kier molecular flexibility index (Phi) is 3.65. The molecule has 0 saturated carbocycles. The zero-order valence-corrected chi connectivity index (χ0v) is 9.42. The first-order valence-electron chi connectivity index (χ1n) is 4.59. The molecule has 1 rings (SSSR count). The maximum absolute atomic E-state index is 10.5. The standard InChI is InChI=1S/C9H14N2O3S/c1-3-9-7-10-8(2)11(9)5-4-6-15(12,13)14/h3,7H,1,4-6H2,2H3,(H,12,13,14)/p+1. The maximum atomic E-state index is 10.5. The monoisotopic (exact) mass is 231 g/mol. The number of aromatic nitrogens is 2. The van der Waals surface area contributed by atoms with Gasteiger partial charge < -0.3 is 0 Å². The van der Waals surface area contributed by atoms with Crippen molar-refractivity contribution in [3.63, 3.8) is 0 Å². The number of rotatable bonds is 5. The van der Waals surface area contributed by atoms with E-state index in [1.54, 1.807) is 12.3 Å². The number of hydrogen-bond acceptors (Lipinski definition) is 2. The van der Waals surface area contributed by atoms with E-state index in [0.717, 1.165) is 11.5 Å². The average molecular weight is 231 g/mol. The summed E-state index contributed by atoms with van der Waals surface area (Å²) in [4.78, 5) is 3.02. The molecule has 1 aromatic heterocycles. The fourth-order valence-corrected chi connectivity index (χ4v) is 1.89. The van der Waals surface area contributed by atoms with Crippen LogP contribution in [0.3, 0.4) is 0 Å². The molecule has 15 heavy (non-hydrogen) atoms. The number of H-pyrrole nitrogens is 1. The van der Waals surface area contributed by atoms with Crippen molar-refractivity contribution in [2.75, 3.05) is 5.75 Å². The zero-order valence-electron chi connectivity index (χ0n) is 8.60. The normalized spacial score (nSPS) is 11.6. The predicted molar refractivity (Wildman–Crippen MR) is 56.8 cm³/mol. The number of hydrogen-bond donors (Lipinski definition) is 2. The smallest absolute Gasteiger partial charge is 0.265 e. The van der Waals surface area contributed by atoms with Crippen molar-refractivity contribution in [2.24, 2.45) is 0 Å². The fourth-order valence-electron chi connectivity index (χ4n) is 1.40. The van der Waals surface area contributed by atoms with E-state index in [1.165, 1.54) is 0 Å². The minimum absolute atomic E-state index is 0.221. The molecule has 0 spiro atoms. The molecule has 84 valence electrons. The molecule has 0 aliphatic heterocycles. The van der Waals surface area contributed by atoms with Gasteiger partial charge in [-0.2, -0.15) is 8.42 Å². The maximum Gasteiger partial charge on any atom is 0.265 e. The van der Waals surface area contributed by atoms with Gasteiger partial charge in [-0.1, -0.05) is 6.58 Å². The van der Waals surface area contributed by atoms with Gasteiger partial charge in [0.15, 0.2) is 5.69 Å². The van der Waals surface area contributed by atoms with Gasteiger partial charge in [-0.05, 0) is 6.08 Å². The fraction of sp³-hybridized carbons (Fsp3) is 0.444. The van der Waals surface area contributed by atoms with E-state index in [-0.39, 0.29) is 5.75 Å². The van der Waals surface area contributed by atoms with Crippen LogP contribution in [0, 0.1) is 6.92 Å². The van der Waals surface area contributed by atoms with E-state index in [2.05, 4.69) is 11.6 Å². The van der Waals surface area contributed by atoms with Crippen LogP contribution in [0.5, 0.6) is 0 Å². The third-order valence-corrected chi connectivity index (χ3v) is 2.94. The van der Waals surface area contributed by atoms with Crippen molar-refractivity contribution in [3.05, 3.63) is 24.3 Å². The molecule has 0 bridgehead atoms. The number of imidazole rings is 1. The predicted octanol–water partition coefficient (Wildman–Crippen LogP) is 0.532. The topological polar surface area (TPSA) is 74.0 Å². The van der Waals surface area contributed by atoms with Crippen molar-refractivity contribution in [3.8, 4) is 0 Å². The summed E-state index contributed by atoms with van der Waals surface area (Å²) in [5.41, 5.74) is 0.905. The van der Waals surface area contributed by atoms with Crippen LogP contribution in [0.1, 0.15) is 17.9 Å². The second-order valence-electron chi connectivity index (χ2n) is 3.29. The summed E-state index contributed by atoms with van der Waals surface area (Å²) in [7, 11) is -3.86. The molecule has 0 aliphatic carbocycles. The Hall–Kier alpha value is -1.14. The summed E-state index contributed by atoms with van der Waals surface area (Å²) < 4.78 is 31.5. The molecule has 1 aromatic rings. The van der Waals surface area contributed by atoms with Crippen LogP contribution in [0.4, 0.5) is 0 Å². The van der Waals surface area contributed by atoms with Crippen molar-refractivity contribution in [1.29, 1.82) is 0 Å². The van der Waals surface area contributed by atoms with E-state index in [1.807, 2.05) is 11.5 Å². The van der Waals surface area contributed by atoms with E-state index in [9.17, 15) is 8.42 Å². The number of aromatic amines is 1. The molecule has 0 aromatic carbocycles. The molecule has 0 amide bonds. The second-order valence-corrected chi connectivity index (χ2v) is 4.87. The van der Waals surface area contributed by atoms with Gasteiger partial charge >= 0.3 is 0 Å². The van der Waals surface area contributed by atoms with Crippen LogP contribution in [0.25, 0.3) is 6.08 Å². The van der Waals surface area contributed by atoms with E-state index in [4.69, 9.17) is 4.55 Å². The van der Waals surface area contributed by atoms with Gasteiger partial charge in [0.05, 0.1) is 12.3 Å². The Balaban J connectivity index is 2.65. The van der Waals surface area contributed by atoms with Crippen LogP contribution in [-0.4, -0.2) is 23.7 Å². The quantitative estimate of drug-likeness (QED) is 0.573. The lowest BCUT2D eigenvalue weighted by Crippen LogP contribution is -2.38. The van der Waals surface area contributed by atoms with Crippen molar-refractivity contribution < 1.29 is 17.5 Å². The van der Waals surface area contributed by atoms with Crippen LogP contribution in [0.15, 0.2) is 12.8 Å². The van der Waals surface area contributed by atoms with Crippen LogP contribution in [-0.2, 0) is 16.7 Å². The molecule has 0 unspecified atom stereocenters. The van der Waals surface area contributed by atoms with Crippen LogP contribution >= 0.6 is 0 Å². The van der Waals surface area contributed by atoms with Crippen molar-refractivity contribution in [2.45, 2.75) is 19.9 Å². The summed E-state index contributed by atoms with van der Waals surface area (Å²) in [5.74, 6) is 0.710. The summed E-state index contributed by atoms with van der Waals surface area (Å²) in [6.07, 6.45) is 3.87. The third kappa shape index (κ3) is 3.49. The molecule has 0 saturated heterocycles. The summed E-state index contributed by atoms with van der Waals surface area (Å²) in [6.45, 7) is 6.08. The highest BCUT2D eigenvalue weighted by atomic mass is 32.2. The van der Waals surface area contributed by atoms with Gasteiger partial charge in [-0.15, -0.1) is 0 Å². The largest absolute Gasteiger partial charge is 0.286 e. The van der Waals surface area contributed by atoms with Crippen LogP contribution in [0.2, 0.25) is 0 Å². The van der Waals surface area contributed by atoms with Crippen molar-refractivity contribution >= 4 is 16.2 Å². The first-order valence-corrected chi connectivity index (χ1v) is 6.20.